The largest absolute Gasteiger partial charge is 0.309 e. The van der Waals surface area contributed by atoms with Crippen LogP contribution in [0, 0.1) is 5.92 Å². The van der Waals surface area contributed by atoms with Crippen molar-refractivity contribution in [3.8, 4) is 0 Å². The Bertz CT molecular complexity index is 343. The van der Waals surface area contributed by atoms with Gasteiger partial charge in [-0.3, -0.25) is 4.90 Å². The van der Waals surface area contributed by atoms with Gasteiger partial charge in [0.25, 0.3) is 0 Å². The smallest absolute Gasteiger partial charge is 0.0465 e. The molecule has 1 aliphatic heterocycles. The molecule has 17 heavy (non-hydrogen) atoms. The molecule has 1 N–H and O–H groups in total. The van der Waals surface area contributed by atoms with Crippen LogP contribution in [0.4, 0.5) is 0 Å². The number of rotatable bonds is 3. The highest BCUT2D eigenvalue weighted by Crippen LogP contribution is 2.33. The molecule has 3 heteroatoms. The molecule has 0 bridgehead atoms. The Morgan fingerprint density at radius 1 is 1.41 bits per heavy atom. The van der Waals surface area contributed by atoms with Gasteiger partial charge >= 0.3 is 0 Å². The molecule has 96 valence electrons. The van der Waals surface area contributed by atoms with Gasteiger partial charge in [0.05, 0.1) is 0 Å². The van der Waals surface area contributed by atoms with Gasteiger partial charge < -0.3 is 5.32 Å². The average Bonchev–Trinajstić information content (AvgIpc) is 2.69. The second-order valence-corrected chi connectivity index (χ2v) is 6.96. The summed E-state index contributed by atoms with van der Waals surface area (Å²) in [4.78, 5) is 4.16. The van der Waals surface area contributed by atoms with E-state index >= 15 is 0 Å². The highest BCUT2D eigenvalue weighted by Gasteiger charge is 2.32. The minimum Gasteiger partial charge on any atom is -0.309 e. The van der Waals surface area contributed by atoms with Crippen molar-refractivity contribution >= 4 is 11.3 Å². The van der Waals surface area contributed by atoms with E-state index in [0.717, 1.165) is 19.6 Å². The van der Waals surface area contributed by atoms with Crippen LogP contribution in [0.3, 0.4) is 0 Å². The van der Waals surface area contributed by atoms with E-state index in [1.165, 1.54) is 4.88 Å². The molecule has 1 fully saturated rings. The Labute approximate surface area is 109 Å². The van der Waals surface area contributed by atoms with Crippen LogP contribution in [0.25, 0.3) is 0 Å². The van der Waals surface area contributed by atoms with Crippen molar-refractivity contribution in [3.05, 3.63) is 22.4 Å². The van der Waals surface area contributed by atoms with Gasteiger partial charge in [0.15, 0.2) is 0 Å². The fourth-order valence-electron chi connectivity index (χ4n) is 2.81. The molecule has 2 heterocycles. The normalized spacial score (nSPS) is 22.9. The first-order valence-electron chi connectivity index (χ1n) is 6.52. The summed E-state index contributed by atoms with van der Waals surface area (Å²) in [5, 5.41) is 5.78. The Balaban J connectivity index is 2.17. The van der Waals surface area contributed by atoms with Crippen molar-refractivity contribution in [2.75, 3.05) is 19.6 Å². The third kappa shape index (κ3) is 3.09. The maximum Gasteiger partial charge on any atom is 0.0465 e. The van der Waals surface area contributed by atoms with Gasteiger partial charge in [-0.2, -0.15) is 0 Å². The van der Waals surface area contributed by atoms with Crippen LogP contribution in [0.5, 0.6) is 0 Å². The van der Waals surface area contributed by atoms with E-state index < -0.39 is 0 Å². The first kappa shape index (κ1) is 13.1. The second kappa shape index (κ2) is 5.09. The van der Waals surface area contributed by atoms with Crippen molar-refractivity contribution in [3.63, 3.8) is 0 Å². The first-order chi connectivity index (χ1) is 7.99. The summed E-state index contributed by atoms with van der Waals surface area (Å²) in [5.74, 6) is 0.669. The summed E-state index contributed by atoms with van der Waals surface area (Å²) in [6.07, 6.45) is 0. The third-order valence-corrected chi connectivity index (χ3v) is 4.40. The average molecular weight is 252 g/mol. The fraction of sp³-hybridized carbons (Fsp3) is 0.714. The van der Waals surface area contributed by atoms with E-state index in [-0.39, 0.29) is 5.54 Å². The van der Waals surface area contributed by atoms with E-state index in [1.54, 1.807) is 0 Å². The van der Waals surface area contributed by atoms with Crippen LogP contribution >= 0.6 is 11.3 Å². The minimum absolute atomic E-state index is 0.239. The summed E-state index contributed by atoms with van der Waals surface area (Å²) in [7, 11) is 0. The zero-order valence-electron chi connectivity index (χ0n) is 11.4. The molecule has 0 spiro atoms. The second-order valence-electron chi connectivity index (χ2n) is 5.99. The van der Waals surface area contributed by atoms with E-state index in [0.29, 0.717) is 12.0 Å². The maximum atomic E-state index is 3.59. The number of nitrogens with zero attached hydrogens (tertiary/aromatic N) is 1. The van der Waals surface area contributed by atoms with E-state index in [9.17, 15) is 0 Å². The lowest BCUT2D eigenvalue weighted by Gasteiger charge is -2.44. The highest BCUT2D eigenvalue weighted by molar-refractivity contribution is 7.10. The molecule has 2 nitrogen and oxygen atoms in total. The molecule has 0 amide bonds. The lowest BCUT2D eigenvalue weighted by molar-refractivity contribution is 0.0865. The summed E-state index contributed by atoms with van der Waals surface area (Å²) in [6.45, 7) is 12.6. The predicted molar refractivity (Wildman–Crippen MR) is 75.6 cm³/mol. The molecule has 1 aromatic heterocycles. The van der Waals surface area contributed by atoms with Gasteiger partial charge in [-0.1, -0.05) is 19.9 Å². The Hall–Kier alpha value is -0.380. The molecule has 0 aromatic carbocycles. The van der Waals surface area contributed by atoms with Crippen molar-refractivity contribution < 1.29 is 0 Å². The molecular weight excluding hydrogens is 228 g/mol. The SMILES string of the molecule is CC(C)C(c1cccs1)N1CCNC(C)(C)C1. The first-order valence-corrected chi connectivity index (χ1v) is 7.40. The van der Waals surface area contributed by atoms with Crippen molar-refractivity contribution in [2.24, 2.45) is 5.92 Å². The molecule has 1 aromatic rings. The van der Waals surface area contributed by atoms with Crippen LogP contribution < -0.4 is 5.32 Å². The summed E-state index contributed by atoms with van der Waals surface area (Å²) >= 11 is 1.89. The van der Waals surface area contributed by atoms with Crippen LogP contribution in [-0.4, -0.2) is 30.1 Å². The van der Waals surface area contributed by atoms with E-state index in [2.05, 4.69) is 55.4 Å². The van der Waals surface area contributed by atoms with Gasteiger partial charge in [-0.25, -0.2) is 0 Å². The van der Waals surface area contributed by atoms with Crippen molar-refractivity contribution in [2.45, 2.75) is 39.3 Å². The van der Waals surface area contributed by atoms with Gasteiger partial charge in [-0.05, 0) is 31.2 Å². The molecular formula is C14H24N2S. The predicted octanol–water partition coefficient (Wildman–Crippen LogP) is 3.13. The molecule has 1 unspecified atom stereocenters. The molecule has 0 radical (unpaired) electrons. The van der Waals surface area contributed by atoms with Gasteiger partial charge in [-0.15, -0.1) is 11.3 Å². The van der Waals surface area contributed by atoms with Gasteiger partial charge in [0.2, 0.25) is 0 Å². The van der Waals surface area contributed by atoms with Gasteiger partial charge in [0, 0.05) is 36.1 Å². The lowest BCUT2D eigenvalue weighted by Crippen LogP contribution is -2.58. The Morgan fingerprint density at radius 3 is 2.71 bits per heavy atom. The molecule has 1 saturated heterocycles. The maximum absolute atomic E-state index is 3.59. The van der Waals surface area contributed by atoms with E-state index in [4.69, 9.17) is 0 Å². The molecule has 2 rings (SSSR count). The van der Waals surface area contributed by atoms with Crippen LogP contribution in [0.15, 0.2) is 17.5 Å². The van der Waals surface area contributed by atoms with Crippen LogP contribution in [0.2, 0.25) is 0 Å². The number of thiophene rings is 1. The highest BCUT2D eigenvalue weighted by atomic mass is 32.1. The molecule has 0 aliphatic carbocycles. The number of hydrogen-bond acceptors (Lipinski definition) is 3. The zero-order valence-corrected chi connectivity index (χ0v) is 12.2. The number of piperazine rings is 1. The summed E-state index contributed by atoms with van der Waals surface area (Å²) in [5.41, 5.74) is 0.239. The Kier molecular flexibility index (Phi) is 3.91. The number of hydrogen-bond donors (Lipinski definition) is 1. The van der Waals surface area contributed by atoms with Gasteiger partial charge in [0.1, 0.15) is 0 Å². The minimum atomic E-state index is 0.239. The standard InChI is InChI=1S/C14H24N2S/c1-11(2)13(12-6-5-9-17-12)16-8-7-15-14(3,4)10-16/h5-6,9,11,13,15H,7-8,10H2,1-4H3. The molecule has 1 atom stereocenters. The topological polar surface area (TPSA) is 15.3 Å². The molecule has 1 aliphatic rings. The fourth-order valence-corrected chi connectivity index (χ4v) is 3.84. The van der Waals surface area contributed by atoms with Crippen molar-refractivity contribution in [1.82, 2.24) is 10.2 Å². The monoisotopic (exact) mass is 252 g/mol. The van der Waals surface area contributed by atoms with E-state index in [1.807, 2.05) is 11.3 Å². The summed E-state index contributed by atoms with van der Waals surface area (Å²) < 4.78 is 0. The third-order valence-electron chi connectivity index (χ3n) is 3.46. The van der Waals surface area contributed by atoms with Crippen molar-refractivity contribution in [1.29, 1.82) is 0 Å². The van der Waals surface area contributed by atoms with Crippen LogP contribution in [-0.2, 0) is 0 Å². The zero-order chi connectivity index (χ0) is 12.5. The Morgan fingerprint density at radius 2 is 2.18 bits per heavy atom. The molecule has 0 saturated carbocycles. The van der Waals surface area contributed by atoms with Crippen LogP contribution in [0.1, 0.15) is 38.6 Å². The lowest BCUT2D eigenvalue weighted by atomic mass is 9.95. The quantitative estimate of drug-likeness (QED) is 0.889. The number of nitrogens with one attached hydrogen (secondary N) is 1. The summed E-state index contributed by atoms with van der Waals surface area (Å²) in [6, 6.07) is 5.03.